The Morgan fingerprint density at radius 1 is 1.04 bits per heavy atom. The highest BCUT2D eigenvalue weighted by Crippen LogP contribution is 2.34. The Labute approximate surface area is 165 Å². The molecule has 0 unspecified atom stereocenters. The SMILES string of the molecule is O=C([C@H]1CN(C(=O)c2cccc(Br)c2)c2ccccc2O1)N1CCOCC1. The second-order valence-corrected chi connectivity index (χ2v) is 7.35. The van der Waals surface area contributed by atoms with Crippen LogP contribution in [0.5, 0.6) is 5.75 Å². The van der Waals surface area contributed by atoms with Crippen LogP contribution in [0.2, 0.25) is 0 Å². The Morgan fingerprint density at radius 3 is 2.59 bits per heavy atom. The second kappa shape index (κ2) is 7.70. The van der Waals surface area contributed by atoms with E-state index in [-0.39, 0.29) is 18.4 Å². The fraction of sp³-hybridized carbons (Fsp3) is 0.300. The zero-order valence-electron chi connectivity index (χ0n) is 14.6. The van der Waals surface area contributed by atoms with Gasteiger partial charge in [0.1, 0.15) is 5.75 Å². The molecule has 2 amide bonds. The van der Waals surface area contributed by atoms with Crippen LogP contribution in [-0.4, -0.2) is 55.7 Å². The van der Waals surface area contributed by atoms with Crippen LogP contribution >= 0.6 is 15.9 Å². The number of hydrogen-bond acceptors (Lipinski definition) is 4. The molecular weight excluding hydrogens is 412 g/mol. The fourth-order valence-electron chi connectivity index (χ4n) is 3.32. The number of para-hydroxylation sites is 2. The normalized spacial score (nSPS) is 19.2. The van der Waals surface area contributed by atoms with Gasteiger partial charge in [-0.2, -0.15) is 0 Å². The molecule has 1 saturated heterocycles. The molecule has 140 valence electrons. The van der Waals surface area contributed by atoms with Gasteiger partial charge in [-0.25, -0.2) is 0 Å². The summed E-state index contributed by atoms with van der Waals surface area (Å²) in [4.78, 5) is 29.5. The quantitative estimate of drug-likeness (QED) is 0.734. The maximum Gasteiger partial charge on any atom is 0.265 e. The highest BCUT2D eigenvalue weighted by Gasteiger charge is 2.36. The number of carbonyl (C=O) groups excluding carboxylic acids is 2. The predicted molar refractivity (Wildman–Crippen MR) is 104 cm³/mol. The van der Waals surface area contributed by atoms with Gasteiger partial charge in [0, 0.05) is 23.1 Å². The smallest absolute Gasteiger partial charge is 0.265 e. The summed E-state index contributed by atoms with van der Waals surface area (Å²) < 4.78 is 12.1. The van der Waals surface area contributed by atoms with Crippen LogP contribution in [0, 0.1) is 0 Å². The first-order valence-corrected chi connectivity index (χ1v) is 9.62. The van der Waals surface area contributed by atoms with Crippen LogP contribution in [-0.2, 0) is 9.53 Å². The molecule has 4 rings (SSSR count). The van der Waals surface area contributed by atoms with E-state index in [0.29, 0.717) is 43.3 Å². The van der Waals surface area contributed by atoms with E-state index in [9.17, 15) is 9.59 Å². The summed E-state index contributed by atoms with van der Waals surface area (Å²) in [5, 5.41) is 0. The third kappa shape index (κ3) is 3.70. The minimum Gasteiger partial charge on any atom is -0.476 e. The zero-order chi connectivity index (χ0) is 18.8. The molecule has 0 N–H and O–H groups in total. The second-order valence-electron chi connectivity index (χ2n) is 6.44. The van der Waals surface area contributed by atoms with Crippen LogP contribution in [0.25, 0.3) is 0 Å². The molecule has 7 heteroatoms. The van der Waals surface area contributed by atoms with Crippen LogP contribution in [0.1, 0.15) is 10.4 Å². The molecule has 1 fully saturated rings. The number of amides is 2. The van der Waals surface area contributed by atoms with E-state index >= 15 is 0 Å². The number of nitrogens with zero attached hydrogens (tertiary/aromatic N) is 2. The highest BCUT2D eigenvalue weighted by atomic mass is 79.9. The van der Waals surface area contributed by atoms with Crippen LogP contribution < -0.4 is 9.64 Å². The van der Waals surface area contributed by atoms with E-state index in [1.54, 1.807) is 28.0 Å². The molecular formula is C20H19BrN2O4. The summed E-state index contributed by atoms with van der Waals surface area (Å²) >= 11 is 3.41. The standard InChI is InChI=1S/C20H19BrN2O4/c21-15-5-3-4-14(12-15)19(24)23-13-18(20(25)22-8-10-26-11-9-22)27-17-7-2-1-6-16(17)23/h1-7,12,18H,8-11,13H2/t18-/m1/s1. The van der Waals surface area contributed by atoms with Gasteiger partial charge in [0.15, 0.2) is 6.10 Å². The molecule has 0 aliphatic carbocycles. The van der Waals surface area contributed by atoms with Crippen molar-refractivity contribution >= 4 is 33.4 Å². The number of benzene rings is 2. The zero-order valence-corrected chi connectivity index (χ0v) is 16.2. The molecule has 2 aromatic carbocycles. The number of ether oxygens (including phenoxy) is 2. The number of fused-ring (bicyclic) bond motifs is 1. The van der Waals surface area contributed by atoms with E-state index in [4.69, 9.17) is 9.47 Å². The Kier molecular flexibility index (Phi) is 5.13. The fourth-order valence-corrected chi connectivity index (χ4v) is 3.72. The van der Waals surface area contributed by atoms with E-state index in [1.165, 1.54) is 0 Å². The molecule has 0 aromatic heterocycles. The average Bonchev–Trinajstić information content (AvgIpc) is 2.72. The molecule has 0 spiro atoms. The van der Waals surface area contributed by atoms with Gasteiger partial charge in [-0.05, 0) is 30.3 Å². The average molecular weight is 431 g/mol. The Hall–Kier alpha value is -2.38. The molecule has 2 aliphatic rings. The first kappa shape index (κ1) is 18.0. The molecule has 2 heterocycles. The van der Waals surface area contributed by atoms with Gasteiger partial charge in [0.2, 0.25) is 0 Å². The minimum atomic E-state index is -0.728. The maximum absolute atomic E-state index is 13.2. The van der Waals surface area contributed by atoms with Gasteiger partial charge in [0.25, 0.3) is 11.8 Å². The van der Waals surface area contributed by atoms with Gasteiger partial charge < -0.3 is 19.3 Å². The molecule has 0 radical (unpaired) electrons. The number of halogens is 1. The lowest BCUT2D eigenvalue weighted by Crippen LogP contribution is -2.54. The van der Waals surface area contributed by atoms with Crippen LogP contribution in [0.15, 0.2) is 53.0 Å². The van der Waals surface area contributed by atoms with Crippen LogP contribution in [0.4, 0.5) is 5.69 Å². The van der Waals surface area contributed by atoms with Gasteiger partial charge in [-0.3, -0.25) is 9.59 Å². The van der Waals surface area contributed by atoms with Crippen molar-refractivity contribution in [2.24, 2.45) is 0 Å². The van der Waals surface area contributed by atoms with Crippen molar-refractivity contribution in [2.45, 2.75) is 6.10 Å². The number of anilines is 1. The van der Waals surface area contributed by atoms with Crippen molar-refractivity contribution in [1.29, 1.82) is 0 Å². The van der Waals surface area contributed by atoms with E-state index < -0.39 is 6.10 Å². The Balaban J connectivity index is 1.64. The molecule has 2 aromatic rings. The van der Waals surface area contributed by atoms with E-state index in [1.807, 2.05) is 30.3 Å². The monoisotopic (exact) mass is 430 g/mol. The summed E-state index contributed by atoms with van der Waals surface area (Å²) in [6, 6.07) is 14.5. The van der Waals surface area contributed by atoms with Crippen molar-refractivity contribution in [3.05, 3.63) is 58.6 Å². The first-order valence-electron chi connectivity index (χ1n) is 8.83. The topological polar surface area (TPSA) is 59.1 Å². The lowest BCUT2D eigenvalue weighted by atomic mass is 10.1. The highest BCUT2D eigenvalue weighted by molar-refractivity contribution is 9.10. The largest absolute Gasteiger partial charge is 0.476 e. The van der Waals surface area contributed by atoms with E-state index in [0.717, 1.165) is 4.47 Å². The number of hydrogen-bond donors (Lipinski definition) is 0. The molecule has 6 nitrogen and oxygen atoms in total. The van der Waals surface area contributed by atoms with Gasteiger partial charge >= 0.3 is 0 Å². The predicted octanol–water partition coefficient (Wildman–Crippen LogP) is 2.72. The minimum absolute atomic E-state index is 0.111. The van der Waals surface area contributed by atoms with E-state index in [2.05, 4.69) is 15.9 Å². The molecule has 27 heavy (non-hydrogen) atoms. The molecule has 0 saturated carbocycles. The van der Waals surface area contributed by atoms with Crippen molar-refractivity contribution in [3.8, 4) is 5.75 Å². The van der Waals surface area contributed by atoms with Crippen molar-refractivity contribution in [1.82, 2.24) is 4.90 Å². The van der Waals surface area contributed by atoms with Gasteiger partial charge in [-0.15, -0.1) is 0 Å². The molecule has 0 bridgehead atoms. The Bertz CT molecular complexity index is 867. The lowest BCUT2D eigenvalue weighted by Gasteiger charge is -2.37. The summed E-state index contributed by atoms with van der Waals surface area (Å²) in [6.45, 7) is 2.31. The third-order valence-electron chi connectivity index (χ3n) is 4.69. The van der Waals surface area contributed by atoms with Gasteiger partial charge in [-0.1, -0.05) is 34.1 Å². The molecule has 2 aliphatic heterocycles. The third-order valence-corrected chi connectivity index (χ3v) is 5.18. The number of rotatable bonds is 2. The first-order chi connectivity index (χ1) is 13.1. The maximum atomic E-state index is 13.2. The summed E-state index contributed by atoms with van der Waals surface area (Å²) in [5.41, 5.74) is 1.23. The summed E-state index contributed by atoms with van der Waals surface area (Å²) in [6.07, 6.45) is -0.728. The lowest BCUT2D eigenvalue weighted by molar-refractivity contribution is -0.142. The number of morpholine rings is 1. The molecule has 1 atom stereocenters. The van der Waals surface area contributed by atoms with Crippen LogP contribution in [0.3, 0.4) is 0 Å². The summed E-state index contributed by atoms with van der Waals surface area (Å²) in [5.74, 6) is 0.269. The van der Waals surface area contributed by atoms with Gasteiger partial charge in [0.05, 0.1) is 25.4 Å². The Morgan fingerprint density at radius 2 is 1.81 bits per heavy atom. The van der Waals surface area contributed by atoms with Crippen molar-refractivity contribution < 1.29 is 19.1 Å². The van der Waals surface area contributed by atoms with Crippen molar-refractivity contribution in [3.63, 3.8) is 0 Å². The van der Waals surface area contributed by atoms with Crippen molar-refractivity contribution in [2.75, 3.05) is 37.7 Å². The summed E-state index contributed by atoms with van der Waals surface area (Å²) in [7, 11) is 0. The number of carbonyl (C=O) groups is 2.